The smallest absolute Gasteiger partial charge is 0.273 e. The topological polar surface area (TPSA) is 106 Å². The van der Waals surface area contributed by atoms with Gasteiger partial charge < -0.3 is 10.2 Å². The Morgan fingerprint density at radius 3 is 2.67 bits per heavy atom. The Labute approximate surface area is 174 Å². The van der Waals surface area contributed by atoms with Gasteiger partial charge in [0.1, 0.15) is 0 Å². The Kier molecular flexibility index (Phi) is 6.74. The van der Waals surface area contributed by atoms with Crippen molar-refractivity contribution in [1.82, 2.24) is 20.3 Å². The number of carbonyl (C=O) groups excluding carboxylic acids is 1. The largest absolute Gasteiger partial charge is 0.372 e. The molecule has 0 spiro atoms. The third kappa shape index (κ3) is 4.80. The monoisotopic (exact) mass is 408 g/mol. The third-order valence-corrected chi connectivity index (χ3v) is 4.79. The van der Waals surface area contributed by atoms with Gasteiger partial charge in [-0.25, -0.2) is 4.68 Å². The molecule has 3 rings (SSSR count). The lowest BCUT2D eigenvalue weighted by Gasteiger charge is -2.23. The van der Waals surface area contributed by atoms with E-state index in [1.165, 1.54) is 16.8 Å². The fourth-order valence-corrected chi connectivity index (χ4v) is 3.19. The minimum Gasteiger partial charge on any atom is -0.372 e. The molecule has 0 aliphatic carbocycles. The Morgan fingerprint density at radius 1 is 1.20 bits per heavy atom. The summed E-state index contributed by atoms with van der Waals surface area (Å²) in [6, 6.07) is 16.2. The van der Waals surface area contributed by atoms with Gasteiger partial charge in [0, 0.05) is 37.5 Å². The minimum atomic E-state index is -0.474. The second-order valence-corrected chi connectivity index (χ2v) is 6.74. The van der Waals surface area contributed by atoms with Crippen LogP contribution in [-0.2, 0) is 0 Å². The van der Waals surface area contributed by atoms with Crippen LogP contribution in [0.25, 0.3) is 5.69 Å². The van der Waals surface area contributed by atoms with E-state index in [0.717, 1.165) is 25.2 Å². The molecule has 0 saturated heterocycles. The minimum absolute atomic E-state index is 0.0488. The van der Waals surface area contributed by atoms with Crippen molar-refractivity contribution in [1.29, 1.82) is 0 Å². The van der Waals surface area contributed by atoms with Crippen LogP contribution < -0.4 is 10.2 Å². The van der Waals surface area contributed by atoms with Crippen molar-refractivity contribution in [2.75, 3.05) is 24.5 Å². The molecule has 0 unspecified atom stereocenters. The molecule has 2 aromatic carbocycles. The average molecular weight is 408 g/mol. The summed E-state index contributed by atoms with van der Waals surface area (Å²) in [6.45, 7) is 6.02. The zero-order valence-corrected chi connectivity index (χ0v) is 17.0. The van der Waals surface area contributed by atoms with E-state index in [1.807, 2.05) is 18.2 Å². The first-order valence-electron chi connectivity index (χ1n) is 9.76. The molecule has 0 aliphatic rings. The highest BCUT2D eigenvalue weighted by Gasteiger charge is 2.18. The van der Waals surface area contributed by atoms with Gasteiger partial charge in [-0.1, -0.05) is 29.5 Å². The van der Waals surface area contributed by atoms with Gasteiger partial charge in [-0.2, -0.15) is 0 Å². The van der Waals surface area contributed by atoms with Crippen LogP contribution in [0.1, 0.15) is 29.5 Å². The zero-order valence-electron chi connectivity index (χ0n) is 17.0. The van der Waals surface area contributed by atoms with Crippen molar-refractivity contribution >= 4 is 17.3 Å². The molecule has 0 fully saturated rings. The van der Waals surface area contributed by atoms with E-state index in [9.17, 15) is 14.9 Å². The van der Waals surface area contributed by atoms with Gasteiger partial charge in [-0.05, 0) is 38.5 Å². The first kappa shape index (κ1) is 21.0. The first-order chi connectivity index (χ1) is 14.5. The SMILES string of the molecule is CCN(CCCNC(=O)c1nnn(-c2cccc([N+](=O)[O-])c2)c1C)c1ccccc1. The van der Waals surface area contributed by atoms with Crippen LogP contribution in [0.3, 0.4) is 0 Å². The fraction of sp³-hybridized carbons (Fsp3) is 0.286. The summed E-state index contributed by atoms with van der Waals surface area (Å²) in [5.41, 5.74) is 2.31. The number of nitro groups is 1. The number of amides is 1. The fourth-order valence-electron chi connectivity index (χ4n) is 3.19. The molecule has 30 heavy (non-hydrogen) atoms. The molecule has 1 N–H and O–H groups in total. The van der Waals surface area contributed by atoms with E-state index in [0.29, 0.717) is 17.9 Å². The van der Waals surface area contributed by atoms with Crippen LogP contribution in [0.4, 0.5) is 11.4 Å². The summed E-state index contributed by atoms with van der Waals surface area (Å²) in [6.07, 6.45) is 0.784. The lowest BCUT2D eigenvalue weighted by atomic mass is 10.2. The van der Waals surface area contributed by atoms with Crippen molar-refractivity contribution in [2.45, 2.75) is 20.3 Å². The summed E-state index contributed by atoms with van der Waals surface area (Å²) in [5.74, 6) is -0.313. The van der Waals surface area contributed by atoms with Crippen molar-refractivity contribution in [3.05, 3.63) is 76.1 Å². The van der Waals surface area contributed by atoms with E-state index in [4.69, 9.17) is 0 Å². The van der Waals surface area contributed by atoms with Gasteiger partial charge in [0.25, 0.3) is 11.6 Å². The maximum atomic E-state index is 12.5. The maximum Gasteiger partial charge on any atom is 0.273 e. The lowest BCUT2D eigenvalue weighted by molar-refractivity contribution is -0.384. The average Bonchev–Trinajstić information content (AvgIpc) is 3.15. The van der Waals surface area contributed by atoms with E-state index in [-0.39, 0.29) is 17.3 Å². The number of nitro benzene ring substituents is 1. The highest BCUT2D eigenvalue weighted by atomic mass is 16.6. The van der Waals surface area contributed by atoms with Crippen LogP contribution in [0, 0.1) is 17.0 Å². The number of hydrogen-bond acceptors (Lipinski definition) is 6. The second kappa shape index (κ2) is 9.64. The molecule has 3 aromatic rings. The van der Waals surface area contributed by atoms with Crippen molar-refractivity contribution in [3.63, 3.8) is 0 Å². The Bertz CT molecular complexity index is 1020. The molecule has 0 atom stereocenters. The normalized spacial score (nSPS) is 10.6. The molecule has 0 aliphatic heterocycles. The van der Waals surface area contributed by atoms with E-state index < -0.39 is 4.92 Å². The van der Waals surface area contributed by atoms with Gasteiger partial charge in [0.2, 0.25) is 0 Å². The van der Waals surface area contributed by atoms with E-state index >= 15 is 0 Å². The summed E-state index contributed by atoms with van der Waals surface area (Å²) in [5, 5.41) is 21.8. The van der Waals surface area contributed by atoms with Gasteiger partial charge >= 0.3 is 0 Å². The molecule has 0 radical (unpaired) electrons. The van der Waals surface area contributed by atoms with E-state index in [1.54, 1.807) is 19.1 Å². The number of non-ortho nitro benzene ring substituents is 1. The molecule has 9 nitrogen and oxygen atoms in total. The molecule has 9 heteroatoms. The second-order valence-electron chi connectivity index (χ2n) is 6.74. The molecule has 156 valence electrons. The van der Waals surface area contributed by atoms with Gasteiger partial charge in [-0.3, -0.25) is 14.9 Å². The number of rotatable bonds is 9. The van der Waals surface area contributed by atoms with Crippen molar-refractivity contribution < 1.29 is 9.72 Å². The van der Waals surface area contributed by atoms with Crippen LogP contribution in [0.15, 0.2) is 54.6 Å². The number of carbonyl (C=O) groups is 1. The number of para-hydroxylation sites is 1. The first-order valence-corrected chi connectivity index (χ1v) is 9.76. The number of nitrogens with one attached hydrogen (secondary N) is 1. The molecular weight excluding hydrogens is 384 g/mol. The predicted octanol–water partition coefficient (Wildman–Crippen LogP) is 3.13. The molecule has 0 bridgehead atoms. The molecule has 1 amide bonds. The van der Waals surface area contributed by atoms with Crippen LogP contribution in [0.2, 0.25) is 0 Å². The lowest BCUT2D eigenvalue weighted by Crippen LogP contribution is -2.30. The summed E-state index contributed by atoms with van der Waals surface area (Å²) >= 11 is 0. The van der Waals surface area contributed by atoms with Crippen LogP contribution in [0.5, 0.6) is 0 Å². The molecule has 1 heterocycles. The summed E-state index contributed by atoms with van der Waals surface area (Å²) in [7, 11) is 0. The standard InChI is InChI=1S/C21H24N6O3/c1-3-25(17-9-5-4-6-10-17)14-8-13-22-21(28)20-16(2)26(24-23-20)18-11-7-12-19(15-18)27(29)30/h4-7,9-12,15H,3,8,13-14H2,1-2H3,(H,22,28). The number of aromatic nitrogens is 3. The zero-order chi connectivity index (χ0) is 21.5. The highest BCUT2D eigenvalue weighted by molar-refractivity contribution is 5.93. The van der Waals surface area contributed by atoms with Crippen molar-refractivity contribution in [2.24, 2.45) is 0 Å². The van der Waals surface area contributed by atoms with Crippen LogP contribution in [-0.4, -0.2) is 45.5 Å². The number of anilines is 1. The Balaban J connectivity index is 1.59. The number of hydrogen-bond donors (Lipinski definition) is 1. The third-order valence-electron chi connectivity index (χ3n) is 4.79. The molecular formula is C21H24N6O3. The van der Waals surface area contributed by atoms with Crippen LogP contribution >= 0.6 is 0 Å². The highest BCUT2D eigenvalue weighted by Crippen LogP contribution is 2.18. The summed E-state index contributed by atoms with van der Waals surface area (Å²) < 4.78 is 1.43. The van der Waals surface area contributed by atoms with Gasteiger partial charge in [0.15, 0.2) is 5.69 Å². The van der Waals surface area contributed by atoms with Crippen molar-refractivity contribution in [3.8, 4) is 5.69 Å². The molecule has 0 saturated carbocycles. The molecule has 1 aromatic heterocycles. The number of benzene rings is 2. The Hall–Kier alpha value is -3.75. The quantitative estimate of drug-likeness (QED) is 0.331. The summed E-state index contributed by atoms with van der Waals surface area (Å²) in [4.78, 5) is 25.3. The van der Waals surface area contributed by atoms with E-state index in [2.05, 4.69) is 39.6 Å². The number of nitrogens with zero attached hydrogens (tertiary/aromatic N) is 5. The maximum absolute atomic E-state index is 12.5. The Morgan fingerprint density at radius 2 is 1.97 bits per heavy atom. The predicted molar refractivity (Wildman–Crippen MR) is 114 cm³/mol. The van der Waals surface area contributed by atoms with Gasteiger partial charge in [-0.15, -0.1) is 5.10 Å². The van der Waals surface area contributed by atoms with Gasteiger partial charge in [0.05, 0.1) is 16.3 Å².